The molecule has 2 saturated heterocycles. The van der Waals surface area contributed by atoms with Crippen LogP contribution in [0.3, 0.4) is 0 Å². The molecule has 206 valence electrons. The van der Waals surface area contributed by atoms with Gasteiger partial charge in [-0.2, -0.15) is 0 Å². The van der Waals surface area contributed by atoms with Gasteiger partial charge in [0.15, 0.2) is 5.82 Å². The predicted octanol–water partition coefficient (Wildman–Crippen LogP) is 4.52. The number of pyridine rings is 1. The number of hydrogen-bond donors (Lipinski definition) is 2. The Morgan fingerprint density at radius 1 is 1.15 bits per heavy atom. The van der Waals surface area contributed by atoms with Crippen molar-refractivity contribution >= 4 is 23.2 Å². The topological polar surface area (TPSA) is 106 Å². The summed E-state index contributed by atoms with van der Waals surface area (Å²) in [6.07, 6.45) is 5.24. The van der Waals surface area contributed by atoms with Crippen molar-refractivity contribution < 1.29 is 18.8 Å². The van der Waals surface area contributed by atoms with Gasteiger partial charge in [-0.05, 0) is 42.7 Å². The molecule has 2 unspecified atom stereocenters. The van der Waals surface area contributed by atoms with Crippen molar-refractivity contribution in [2.24, 2.45) is 0 Å². The average Bonchev–Trinajstić information content (AvgIpc) is 3.72. The third kappa shape index (κ3) is 5.96. The van der Waals surface area contributed by atoms with Gasteiger partial charge in [-0.25, -0.2) is 9.78 Å². The number of ether oxygens (including phenoxy) is 2. The Morgan fingerprint density at radius 3 is 2.73 bits per heavy atom. The SMILES string of the molecule is CC(C)(C)c1cc(NC(=O)Nc2ccn3cc(C#Cc4ccc(OCCN5CC6CC5CO6)cc4)nc3c2)no1. The van der Waals surface area contributed by atoms with Crippen LogP contribution in [0.1, 0.15) is 44.2 Å². The van der Waals surface area contributed by atoms with Crippen molar-refractivity contribution in [1.29, 1.82) is 0 Å². The number of anilines is 2. The largest absolute Gasteiger partial charge is 0.492 e. The molecule has 0 aliphatic carbocycles. The summed E-state index contributed by atoms with van der Waals surface area (Å²) in [6.45, 7) is 9.48. The van der Waals surface area contributed by atoms with Crippen LogP contribution in [0.2, 0.25) is 0 Å². The monoisotopic (exact) mass is 540 g/mol. The highest BCUT2D eigenvalue weighted by Gasteiger charge is 2.38. The molecule has 10 nitrogen and oxygen atoms in total. The summed E-state index contributed by atoms with van der Waals surface area (Å²) in [5.74, 6) is 8.15. The smallest absolute Gasteiger partial charge is 0.324 e. The van der Waals surface area contributed by atoms with Crippen LogP contribution in [0, 0.1) is 11.8 Å². The fourth-order valence-electron chi connectivity index (χ4n) is 4.89. The zero-order valence-corrected chi connectivity index (χ0v) is 22.8. The van der Waals surface area contributed by atoms with Gasteiger partial charge in [-0.1, -0.05) is 31.8 Å². The molecule has 2 amide bonds. The van der Waals surface area contributed by atoms with E-state index in [0.29, 0.717) is 47.4 Å². The van der Waals surface area contributed by atoms with Crippen LogP contribution < -0.4 is 15.4 Å². The van der Waals surface area contributed by atoms with E-state index in [4.69, 9.17) is 14.0 Å². The Bertz CT molecular complexity index is 1570. The molecule has 2 aliphatic heterocycles. The van der Waals surface area contributed by atoms with Crippen LogP contribution >= 0.6 is 0 Å². The summed E-state index contributed by atoms with van der Waals surface area (Å²) in [4.78, 5) is 19.5. The molecule has 0 spiro atoms. The van der Waals surface area contributed by atoms with Gasteiger partial charge in [-0.15, -0.1) is 0 Å². The molecule has 0 saturated carbocycles. The highest BCUT2D eigenvalue weighted by atomic mass is 16.5. The summed E-state index contributed by atoms with van der Waals surface area (Å²) in [5.41, 5.74) is 2.57. The van der Waals surface area contributed by atoms with Gasteiger partial charge in [0.25, 0.3) is 0 Å². The molecule has 3 aromatic heterocycles. The van der Waals surface area contributed by atoms with E-state index in [0.717, 1.165) is 37.4 Å². The van der Waals surface area contributed by atoms with Gasteiger partial charge >= 0.3 is 6.03 Å². The van der Waals surface area contributed by atoms with Gasteiger partial charge in [0, 0.05) is 60.3 Å². The van der Waals surface area contributed by atoms with E-state index >= 15 is 0 Å². The first kappa shape index (κ1) is 25.9. The fourth-order valence-corrected chi connectivity index (χ4v) is 4.89. The molecule has 0 radical (unpaired) electrons. The second-order valence-corrected chi connectivity index (χ2v) is 11.2. The van der Waals surface area contributed by atoms with Crippen molar-refractivity contribution in [3.8, 4) is 17.6 Å². The van der Waals surface area contributed by atoms with E-state index in [2.05, 4.69) is 37.5 Å². The summed E-state index contributed by atoms with van der Waals surface area (Å²) in [6, 6.07) is 13.2. The minimum Gasteiger partial charge on any atom is -0.492 e. The summed E-state index contributed by atoms with van der Waals surface area (Å²) in [5, 5.41) is 9.40. The second kappa shape index (κ2) is 10.7. The van der Waals surface area contributed by atoms with Crippen molar-refractivity contribution in [1.82, 2.24) is 19.4 Å². The van der Waals surface area contributed by atoms with Gasteiger partial charge in [0.1, 0.15) is 29.5 Å². The van der Waals surface area contributed by atoms with Crippen LogP contribution in [-0.4, -0.2) is 63.9 Å². The van der Waals surface area contributed by atoms with Crippen LogP contribution in [0.4, 0.5) is 16.3 Å². The number of hydrogen-bond acceptors (Lipinski definition) is 7. The van der Waals surface area contributed by atoms with E-state index in [1.165, 1.54) is 0 Å². The normalized spacial score (nSPS) is 18.5. The molecule has 2 N–H and O–H groups in total. The number of carbonyl (C=O) groups excluding carboxylic acids is 1. The molecule has 6 rings (SSSR count). The van der Waals surface area contributed by atoms with E-state index in [1.54, 1.807) is 18.2 Å². The number of urea groups is 1. The number of fused-ring (bicyclic) bond motifs is 3. The molecule has 1 aromatic carbocycles. The number of aromatic nitrogens is 3. The summed E-state index contributed by atoms with van der Waals surface area (Å²) < 4.78 is 18.8. The van der Waals surface area contributed by atoms with Crippen molar-refractivity contribution in [2.45, 2.75) is 44.8 Å². The quantitative estimate of drug-likeness (QED) is 0.347. The maximum absolute atomic E-state index is 12.4. The molecule has 4 aromatic rings. The van der Waals surface area contributed by atoms with Gasteiger partial charge in [0.2, 0.25) is 0 Å². The Labute approximate surface area is 232 Å². The lowest BCUT2D eigenvalue weighted by atomic mass is 9.93. The number of imidazole rings is 1. The highest BCUT2D eigenvalue weighted by molar-refractivity contribution is 5.99. The third-order valence-corrected chi connectivity index (χ3v) is 7.06. The van der Waals surface area contributed by atoms with Crippen LogP contribution in [0.25, 0.3) is 5.65 Å². The molecule has 10 heteroatoms. The highest BCUT2D eigenvalue weighted by Crippen LogP contribution is 2.27. The van der Waals surface area contributed by atoms with E-state index in [-0.39, 0.29) is 5.41 Å². The van der Waals surface area contributed by atoms with Crippen molar-refractivity contribution in [2.75, 3.05) is 36.9 Å². The van der Waals surface area contributed by atoms with Gasteiger partial charge in [0.05, 0.1) is 12.7 Å². The Morgan fingerprint density at radius 2 is 2.00 bits per heavy atom. The Kier molecular flexibility index (Phi) is 6.92. The van der Waals surface area contributed by atoms with Crippen LogP contribution in [0.5, 0.6) is 5.75 Å². The zero-order valence-electron chi connectivity index (χ0n) is 22.8. The lowest BCUT2D eigenvalue weighted by Crippen LogP contribution is -2.39. The lowest BCUT2D eigenvalue weighted by Gasteiger charge is -2.26. The number of carbonyl (C=O) groups is 1. The molecular formula is C30H32N6O4. The fraction of sp³-hybridized carbons (Fsp3) is 0.367. The average molecular weight is 541 g/mol. The minimum atomic E-state index is -0.422. The first-order valence-corrected chi connectivity index (χ1v) is 13.4. The molecule has 2 aliphatic rings. The minimum absolute atomic E-state index is 0.197. The number of rotatable bonds is 6. The molecule has 2 bridgehead atoms. The number of benzene rings is 1. The molecule has 40 heavy (non-hydrogen) atoms. The number of likely N-dealkylation sites (tertiary alicyclic amines) is 1. The zero-order chi connectivity index (χ0) is 27.7. The van der Waals surface area contributed by atoms with Crippen molar-refractivity contribution in [3.63, 3.8) is 0 Å². The Hall–Kier alpha value is -4.33. The molecular weight excluding hydrogens is 508 g/mol. The standard InChI is InChI=1S/C30H32N6O4/c1-30(2,3)26-16-27(34-40-26)33-29(37)32-21-10-11-36-17-22(31-28(36)14-21)7-4-20-5-8-24(9-6-20)38-13-12-35-18-25-15-23(35)19-39-25/h5-6,8-11,14,16-17,23,25H,12-13,15,18-19H2,1-3H3,(H2,32,33,34,37). The van der Waals surface area contributed by atoms with E-state index in [9.17, 15) is 4.79 Å². The van der Waals surface area contributed by atoms with Crippen LogP contribution in [-0.2, 0) is 10.2 Å². The second-order valence-electron chi connectivity index (χ2n) is 11.2. The predicted molar refractivity (Wildman–Crippen MR) is 151 cm³/mol. The number of morpholine rings is 1. The first-order valence-electron chi connectivity index (χ1n) is 13.4. The van der Waals surface area contributed by atoms with Gasteiger partial charge in [-0.3, -0.25) is 10.2 Å². The molecule has 2 atom stereocenters. The molecule has 2 fully saturated rings. The number of nitrogens with zero attached hydrogens (tertiary/aromatic N) is 4. The third-order valence-electron chi connectivity index (χ3n) is 7.06. The lowest BCUT2D eigenvalue weighted by molar-refractivity contribution is 0.0258. The van der Waals surface area contributed by atoms with Crippen molar-refractivity contribution in [3.05, 3.63) is 71.9 Å². The number of amides is 2. The molecule has 5 heterocycles. The van der Waals surface area contributed by atoms with E-state index < -0.39 is 6.03 Å². The maximum Gasteiger partial charge on any atom is 0.324 e. The Balaban J connectivity index is 1.02. The van der Waals surface area contributed by atoms with E-state index in [1.807, 2.05) is 61.8 Å². The van der Waals surface area contributed by atoms with Crippen LogP contribution in [0.15, 0.2) is 59.4 Å². The van der Waals surface area contributed by atoms with Gasteiger partial charge < -0.3 is 23.7 Å². The summed E-state index contributed by atoms with van der Waals surface area (Å²) >= 11 is 0. The maximum atomic E-state index is 12.4. The number of nitrogens with one attached hydrogen (secondary N) is 2. The first-order chi connectivity index (χ1) is 19.3. The summed E-state index contributed by atoms with van der Waals surface area (Å²) in [7, 11) is 0.